The van der Waals surface area contributed by atoms with Crippen molar-refractivity contribution in [3.8, 4) is 0 Å². The molecule has 59 heavy (non-hydrogen) atoms. The Morgan fingerprint density at radius 3 is 2.12 bits per heavy atom. The standard InChI is InChI=1S/C39H55N9O9S2/c1-6-24(5)33(46-35(51)29(19-23(3)4)43-36(52)31-21-41-17-18-42-31)37(53)44-30(20-25-11-9-8-10-12-25)39(55)48(22-32(49)45-38(54)34(50)28(40)7-2)59(56,57)27-15-13-26(47-58)14-16-27/h13-18,21,23-25,28-30,33H,6-12,19-20,22,40H2,1-5H3,(H,43,52)(H,44,53)(H,46,51)(H,45,49,54)/t24-,28?,29-,30-,33-/m0/s1. The maximum atomic E-state index is 14.7. The average molecular weight is 858 g/mol. The number of amides is 6. The number of carbonyl (C=O) groups excluding carboxylic acids is 7. The van der Waals surface area contributed by atoms with Gasteiger partial charge in [0.05, 0.1) is 22.8 Å². The van der Waals surface area contributed by atoms with Crippen LogP contribution in [0.3, 0.4) is 0 Å². The number of hydrogen-bond donors (Lipinski definition) is 5. The number of nitrogens with zero attached hydrogens (tertiary/aromatic N) is 4. The van der Waals surface area contributed by atoms with E-state index in [2.05, 4.69) is 30.3 Å². The van der Waals surface area contributed by atoms with Crippen LogP contribution in [0.1, 0.15) is 103 Å². The molecule has 6 N–H and O–H groups in total. The lowest BCUT2D eigenvalue weighted by Gasteiger charge is -2.32. The highest BCUT2D eigenvalue weighted by molar-refractivity contribution is 7.89. The molecule has 6 amide bonds. The molecule has 1 aliphatic rings. The summed E-state index contributed by atoms with van der Waals surface area (Å²) in [6.45, 7) is 7.52. The van der Waals surface area contributed by atoms with Crippen LogP contribution in [-0.4, -0.2) is 94.6 Å². The van der Waals surface area contributed by atoms with Crippen molar-refractivity contribution < 1.29 is 42.0 Å². The zero-order valence-electron chi connectivity index (χ0n) is 34.0. The van der Waals surface area contributed by atoms with Gasteiger partial charge in [0.25, 0.3) is 27.7 Å². The minimum absolute atomic E-state index is 0.0138. The largest absolute Gasteiger partial charge is 0.342 e. The molecule has 2 aromatic rings. The van der Waals surface area contributed by atoms with Crippen molar-refractivity contribution in [2.45, 2.75) is 121 Å². The molecule has 0 aliphatic heterocycles. The third-order valence-electron chi connectivity index (χ3n) is 10.1. The van der Waals surface area contributed by atoms with Crippen molar-refractivity contribution in [3.63, 3.8) is 0 Å². The molecule has 5 atom stereocenters. The van der Waals surface area contributed by atoms with Crippen LogP contribution >= 0.6 is 0 Å². The van der Waals surface area contributed by atoms with Crippen molar-refractivity contribution in [2.75, 3.05) is 6.54 Å². The van der Waals surface area contributed by atoms with Crippen LogP contribution in [-0.2, 0) is 51.2 Å². The molecule has 1 saturated carbocycles. The summed E-state index contributed by atoms with van der Waals surface area (Å²) in [7, 11) is -4.88. The predicted molar refractivity (Wildman–Crippen MR) is 218 cm³/mol. The molecule has 0 saturated heterocycles. The fraction of sp³-hybridized carbons (Fsp3) is 0.564. The van der Waals surface area contributed by atoms with Gasteiger partial charge in [0, 0.05) is 24.8 Å². The van der Waals surface area contributed by atoms with Gasteiger partial charge in [-0.1, -0.05) is 73.1 Å². The Labute approximate surface area is 350 Å². The van der Waals surface area contributed by atoms with Crippen LogP contribution in [0.4, 0.5) is 5.69 Å². The van der Waals surface area contributed by atoms with Gasteiger partial charge in [-0.25, -0.2) is 17.7 Å². The summed E-state index contributed by atoms with van der Waals surface area (Å²) in [5.41, 5.74) is 5.89. The Kier molecular flexibility index (Phi) is 18.7. The minimum Gasteiger partial charge on any atom is -0.342 e. The Hall–Kier alpha value is -5.08. The highest BCUT2D eigenvalue weighted by atomic mass is 32.2. The molecule has 3 rings (SSSR count). The van der Waals surface area contributed by atoms with E-state index in [0.29, 0.717) is 19.3 Å². The summed E-state index contributed by atoms with van der Waals surface area (Å²) >= 11 is 4.69. The fourth-order valence-electron chi connectivity index (χ4n) is 6.52. The second kappa shape index (κ2) is 22.9. The van der Waals surface area contributed by atoms with Gasteiger partial charge in [-0.15, -0.1) is 0 Å². The van der Waals surface area contributed by atoms with E-state index in [-0.39, 0.29) is 46.8 Å². The van der Waals surface area contributed by atoms with Crippen molar-refractivity contribution >= 4 is 69.4 Å². The van der Waals surface area contributed by atoms with E-state index in [4.69, 9.17) is 18.2 Å². The number of Topliss-reactive ketones (excluding diaryl/α,β-unsaturated/α-hetero) is 1. The summed E-state index contributed by atoms with van der Waals surface area (Å²) in [6, 6.07) is -0.259. The Morgan fingerprint density at radius 1 is 0.898 bits per heavy atom. The van der Waals surface area contributed by atoms with E-state index in [9.17, 15) is 42.0 Å². The van der Waals surface area contributed by atoms with Crippen molar-refractivity contribution in [1.82, 2.24) is 35.5 Å². The van der Waals surface area contributed by atoms with Gasteiger partial charge < -0.3 is 21.7 Å². The van der Waals surface area contributed by atoms with Crippen molar-refractivity contribution in [2.24, 2.45) is 27.9 Å². The number of benzene rings is 1. The van der Waals surface area contributed by atoms with Gasteiger partial charge in [-0.3, -0.25) is 43.9 Å². The van der Waals surface area contributed by atoms with Gasteiger partial charge in [0.15, 0.2) is 0 Å². The highest BCUT2D eigenvalue weighted by Gasteiger charge is 2.40. The predicted octanol–water partition coefficient (Wildman–Crippen LogP) is 2.14. The van der Waals surface area contributed by atoms with Gasteiger partial charge in [-0.2, -0.15) is 4.36 Å². The molecule has 1 unspecified atom stereocenters. The van der Waals surface area contributed by atoms with Crippen LogP contribution in [0.15, 0.2) is 52.1 Å². The molecule has 1 fully saturated rings. The van der Waals surface area contributed by atoms with Crippen LogP contribution in [0.5, 0.6) is 0 Å². The zero-order valence-corrected chi connectivity index (χ0v) is 35.6. The summed E-state index contributed by atoms with van der Waals surface area (Å²) in [4.78, 5) is 102. The average Bonchev–Trinajstić information content (AvgIpc) is 3.23. The number of aromatic nitrogens is 2. The SMILES string of the molecule is CCC(N)C(=O)C(=O)NC(=O)CN(C(=O)[C@H](CC1CCCCC1)NC(=O)[C@@H](NC(=O)[C@H](CC(C)C)NC(=O)c1cnccn1)[C@@H](C)CC)S(=O)(=O)c1ccc(N=S)cc1. The molecule has 1 aromatic carbocycles. The highest BCUT2D eigenvalue weighted by Crippen LogP contribution is 2.29. The third-order valence-corrected chi connectivity index (χ3v) is 12.1. The van der Waals surface area contributed by atoms with E-state index >= 15 is 0 Å². The maximum absolute atomic E-state index is 14.7. The van der Waals surface area contributed by atoms with E-state index in [1.165, 1.54) is 30.7 Å². The molecule has 1 aliphatic carbocycles. The normalized spacial score (nSPS) is 15.7. The van der Waals surface area contributed by atoms with E-state index in [0.717, 1.165) is 31.4 Å². The van der Waals surface area contributed by atoms with E-state index < -0.39 is 92.8 Å². The summed E-state index contributed by atoms with van der Waals surface area (Å²) in [5, 5.41) is 9.93. The Morgan fingerprint density at radius 2 is 1.56 bits per heavy atom. The Balaban J connectivity index is 2.02. The third kappa shape index (κ3) is 14.0. The van der Waals surface area contributed by atoms with Gasteiger partial charge in [-0.05, 0) is 61.3 Å². The molecule has 20 heteroatoms. The van der Waals surface area contributed by atoms with Crippen LogP contribution in [0.25, 0.3) is 0 Å². The fourth-order valence-corrected chi connectivity index (χ4v) is 8.03. The second-order valence-corrected chi connectivity index (χ2v) is 17.2. The number of carbonyl (C=O) groups is 7. The summed E-state index contributed by atoms with van der Waals surface area (Å²) in [6.07, 6.45) is 8.62. The molecular weight excluding hydrogens is 803 g/mol. The van der Waals surface area contributed by atoms with Gasteiger partial charge in [0.1, 0.15) is 30.4 Å². The number of sulfonamides is 1. The maximum Gasteiger partial charge on any atom is 0.295 e. The van der Waals surface area contributed by atoms with Gasteiger partial charge >= 0.3 is 0 Å². The second-order valence-electron chi connectivity index (χ2n) is 15.1. The number of ketones is 1. The first kappa shape index (κ1) is 48.3. The zero-order chi connectivity index (χ0) is 43.9. The number of nitrogens with two attached hydrogens (primary N) is 1. The lowest BCUT2D eigenvalue weighted by Crippen LogP contribution is -2.60. The van der Waals surface area contributed by atoms with Gasteiger partial charge in [0.2, 0.25) is 23.5 Å². The minimum atomic E-state index is -4.88. The van der Waals surface area contributed by atoms with Crippen LogP contribution < -0.4 is 27.0 Å². The van der Waals surface area contributed by atoms with Crippen molar-refractivity contribution in [1.29, 1.82) is 0 Å². The first-order valence-electron chi connectivity index (χ1n) is 19.7. The van der Waals surface area contributed by atoms with Crippen LogP contribution in [0, 0.1) is 17.8 Å². The summed E-state index contributed by atoms with van der Waals surface area (Å²) in [5.74, 6) is -7.83. The lowest BCUT2D eigenvalue weighted by molar-refractivity contribution is -0.142. The summed E-state index contributed by atoms with van der Waals surface area (Å²) < 4.78 is 32.3. The molecule has 0 radical (unpaired) electrons. The monoisotopic (exact) mass is 857 g/mol. The van der Waals surface area contributed by atoms with Crippen molar-refractivity contribution in [3.05, 3.63) is 48.5 Å². The molecule has 18 nitrogen and oxygen atoms in total. The molecule has 322 valence electrons. The molecule has 0 bridgehead atoms. The topological polar surface area (TPSA) is 269 Å². The quantitative estimate of drug-likeness (QED) is 0.113. The number of rotatable bonds is 21. The van der Waals surface area contributed by atoms with Crippen LogP contribution in [0.2, 0.25) is 0 Å². The van der Waals surface area contributed by atoms with E-state index in [1.807, 2.05) is 19.2 Å². The smallest absolute Gasteiger partial charge is 0.295 e. The number of hydrogen-bond acceptors (Lipinski definition) is 14. The number of nitrogens with one attached hydrogen (secondary N) is 4. The van der Waals surface area contributed by atoms with E-state index in [1.54, 1.807) is 20.8 Å². The molecule has 1 heterocycles. The Bertz CT molecular complexity index is 1930. The first-order chi connectivity index (χ1) is 27.9. The molecule has 0 spiro atoms. The first-order valence-corrected chi connectivity index (χ1v) is 21.5. The molecular formula is C39H55N9O9S2. The lowest BCUT2D eigenvalue weighted by atomic mass is 9.84. The molecule has 1 aromatic heterocycles. The number of imide groups is 1.